The number of aromatic nitrogens is 2. The molecule has 0 bridgehead atoms. The van der Waals surface area contributed by atoms with Crippen LogP contribution in [-0.4, -0.2) is 23.1 Å². The van der Waals surface area contributed by atoms with Crippen LogP contribution in [0.25, 0.3) is 0 Å². The van der Waals surface area contributed by atoms with E-state index in [0.29, 0.717) is 24.4 Å². The second kappa shape index (κ2) is 6.73. The van der Waals surface area contributed by atoms with Gasteiger partial charge in [-0.25, -0.2) is 4.98 Å². The molecule has 4 nitrogen and oxygen atoms in total. The molecule has 0 fully saturated rings. The molecule has 1 N–H and O–H groups in total. The lowest BCUT2D eigenvalue weighted by Crippen LogP contribution is -2.25. The highest BCUT2D eigenvalue weighted by Crippen LogP contribution is 2.25. The third kappa shape index (κ3) is 5.45. The van der Waals surface area contributed by atoms with Crippen LogP contribution in [0.1, 0.15) is 46.7 Å². The fourth-order valence-electron chi connectivity index (χ4n) is 1.45. The van der Waals surface area contributed by atoms with Crippen molar-refractivity contribution < 1.29 is 4.74 Å². The fraction of sp³-hybridized carbons (Fsp3) is 0.733. The first-order valence-electron chi connectivity index (χ1n) is 7.05. The summed E-state index contributed by atoms with van der Waals surface area (Å²) in [5.74, 6) is 1.85. The molecule has 0 radical (unpaired) electrons. The minimum atomic E-state index is 0.276. The Morgan fingerprint density at radius 1 is 1.32 bits per heavy atom. The maximum Gasteiger partial charge on any atom is 0.226 e. The first-order valence-corrected chi connectivity index (χ1v) is 7.05. The number of nitrogens with one attached hydrogen (secondary N) is 1. The SMILES string of the molecule is CCCOc1cc(C)nc(NCC(C)C(C)(C)C)n1. The van der Waals surface area contributed by atoms with Crippen LogP contribution in [0.4, 0.5) is 5.95 Å². The van der Waals surface area contributed by atoms with E-state index < -0.39 is 0 Å². The zero-order valence-electron chi connectivity index (χ0n) is 13.1. The summed E-state index contributed by atoms with van der Waals surface area (Å²) < 4.78 is 5.56. The van der Waals surface area contributed by atoms with Crippen LogP contribution in [0.2, 0.25) is 0 Å². The third-order valence-corrected chi connectivity index (χ3v) is 3.33. The summed E-state index contributed by atoms with van der Waals surface area (Å²) in [5, 5.41) is 3.31. The number of anilines is 1. The van der Waals surface area contributed by atoms with Crippen molar-refractivity contribution in [1.29, 1.82) is 0 Å². The maximum atomic E-state index is 5.56. The second-order valence-corrected chi connectivity index (χ2v) is 6.17. The Balaban J connectivity index is 2.65. The van der Waals surface area contributed by atoms with Gasteiger partial charge >= 0.3 is 0 Å². The van der Waals surface area contributed by atoms with Crippen molar-refractivity contribution in [3.63, 3.8) is 0 Å². The number of ether oxygens (including phenoxy) is 1. The summed E-state index contributed by atoms with van der Waals surface area (Å²) in [4.78, 5) is 8.77. The molecule has 0 aliphatic rings. The number of hydrogen-bond donors (Lipinski definition) is 1. The predicted octanol–water partition coefficient (Wildman–Crippen LogP) is 3.67. The third-order valence-electron chi connectivity index (χ3n) is 3.33. The van der Waals surface area contributed by atoms with E-state index in [1.54, 1.807) is 0 Å². The van der Waals surface area contributed by atoms with Crippen molar-refractivity contribution in [2.75, 3.05) is 18.5 Å². The molecule has 1 aromatic rings. The van der Waals surface area contributed by atoms with E-state index >= 15 is 0 Å². The van der Waals surface area contributed by atoms with E-state index in [2.05, 4.69) is 49.9 Å². The lowest BCUT2D eigenvalue weighted by atomic mass is 9.82. The minimum absolute atomic E-state index is 0.276. The minimum Gasteiger partial charge on any atom is -0.478 e. The van der Waals surface area contributed by atoms with E-state index in [4.69, 9.17) is 4.74 Å². The first-order chi connectivity index (χ1) is 8.82. The van der Waals surface area contributed by atoms with Gasteiger partial charge in [-0.3, -0.25) is 0 Å². The quantitative estimate of drug-likeness (QED) is 0.852. The molecule has 1 heterocycles. The van der Waals surface area contributed by atoms with E-state index in [1.807, 2.05) is 13.0 Å². The van der Waals surface area contributed by atoms with Crippen molar-refractivity contribution in [2.24, 2.45) is 11.3 Å². The van der Waals surface area contributed by atoms with Crippen molar-refractivity contribution in [3.8, 4) is 5.88 Å². The Bertz CT molecular complexity index is 399. The number of nitrogens with zero attached hydrogens (tertiary/aromatic N) is 2. The van der Waals surface area contributed by atoms with Gasteiger partial charge in [0, 0.05) is 18.3 Å². The van der Waals surface area contributed by atoms with Gasteiger partial charge in [0.25, 0.3) is 0 Å². The number of rotatable bonds is 6. The van der Waals surface area contributed by atoms with Gasteiger partial charge in [0.2, 0.25) is 11.8 Å². The molecule has 0 aliphatic heterocycles. The Kier molecular flexibility index (Phi) is 5.58. The average molecular weight is 265 g/mol. The maximum absolute atomic E-state index is 5.56. The van der Waals surface area contributed by atoms with Crippen molar-refractivity contribution in [2.45, 2.75) is 48.0 Å². The fourth-order valence-corrected chi connectivity index (χ4v) is 1.45. The highest BCUT2D eigenvalue weighted by atomic mass is 16.5. The predicted molar refractivity (Wildman–Crippen MR) is 79.7 cm³/mol. The molecule has 1 aromatic heterocycles. The van der Waals surface area contributed by atoms with Crippen LogP contribution in [-0.2, 0) is 0 Å². The number of hydrogen-bond acceptors (Lipinski definition) is 4. The van der Waals surface area contributed by atoms with Crippen LogP contribution in [0, 0.1) is 18.3 Å². The molecular weight excluding hydrogens is 238 g/mol. The highest BCUT2D eigenvalue weighted by molar-refractivity contribution is 5.30. The zero-order chi connectivity index (χ0) is 14.5. The molecule has 0 aliphatic carbocycles. The average Bonchev–Trinajstić information content (AvgIpc) is 2.31. The van der Waals surface area contributed by atoms with E-state index in [9.17, 15) is 0 Å². The Labute approximate surface area is 117 Å². The van der Waals surface area contributed by atoms with E-state index in [-0.39, 0.29) is 5.41 Å². The molecule has 0 amide bonds. The van der Waals surface area contributed by atoms with Gasteiger partial charge in [-0.2, -0.15) is 4.98 Å². The molecule has 0 spiro atoms. The summed E-state index contributed by atoms with van der Waals surface area (Å²) in [6.07, 6.45) is 0.979. The lowest BCUT2D eigenvalue weighted by Gasteiger charge is -2.27. The summed E-state index contributed by atoms with van der Waals surface area (Å²) in [5.41, 5.74) is 1.20. The zero-order valence-corrected chi connectivity index (χ0v) is 13.1. The smallest absolute Gasteiger partial charge is 0.226 e. The first kappa shape index (κ1) is 15.7. The molecule has 0 aromatic carbocycles. The summed E-state index contributed by atoms with van der Waals surface area (Å²) >= 11 is 0. The summed E-state index contributed by atoms with van der Waals surface area (Å²) in [6.45, 7) is 14.5. The summed E-state index contributed by atoms with van der Waals surface area (Å²) in [6, 6.07) is 1.87. The normalized spacial score (nSPS) is 13.2. The molecule has 1 unspecified atom stereocenters. The molecular formula is C15H27N3O. The topological polar surface area (TPSA) is 47.0 Å². The van der Waals surface area contributed by atoms with E-state index in [1.165, 1.54) is 0 Å². The molecule has 4 heteroatoms. The van der Waals surface area contributed by atoms with Gasteiger partial charge in [0.1, 0.15) is 0 Å². The number of aryl methyl sites for hydroxylation is 1. The van der Waals surface area contributed by atoms with Gasteiger partial charge in [-0.15, -0.1) is 0 Å². The van der Waals surface area contributed by atoms with Crippen molar-refractivity contribution in [3.05, 3.63) is 11.8 Å². The standard InChI is InChI=1S/C15H27N3O/c1-7-8-19-13-9-12(3)17-14(18-13)16-10-11(2)15(4,5)6/h9,11H,7-8,10H2,1-6H3,(H,16,17,18). The van der Waals surface area contributed by atoms with Gasteiger partial charge in [0.05, 0.1) is 6.61 Å². The Hall–Kier alpha value is -1.32. The molecule has 0 saturated carbocycles. The molecule has 1 atom stereocenters. The van der Waals surface area contributed by atoms with Gasteiger partial charge < -0.3 is 10.1 Å². The monoisotopic (exact) mass is 265 g/mol. The second-order valence-electron chi connectivity index (χ2n) is 6.17. The van der Waals surface area contributed by atoms with Crippen LogP contribution >= 0.6 is 0 Å². The van der Waals surface area contributed by atoms with Gasteiger partial charge in [0.15, 0.2) is 0 Å². The van der Waals surface area contributed by atoms with Crippen LogP contribution in [0.15, 0.2) is 6.07 Å². The van der Waals surface area contributed by atoms with Crippen LogP contribution in [0.5, 0.6) is 5.88 Å². The van der Waals surface area contributed by atoms with Crippen molar-refractivity contribution >= 4 is 5.95 Å². The molecule has 19 heavy (non-hydrogen) atoms. The Morgan fingerprint density at radius 3 is 2.58 bits per heavy atom. The largest absolute Gasteiger partial charge is 0.478 e. The van der Waals surface area contributed by atoms with Crippen molar-refractivity contribution in [1.82, 2.24) is 9.97 Å². The Morgan fingerprint density at radius 2 is 2.00 bits per heavy atom. The summed E-state index contributed by atoms with van der Waals surface area (Å²) in [7, 11) is 0. The molecule has 1 rings (SSSR count). The molecule has 108 valence electrons. The molecule has 0 saturated heterocycles. The van der Waals surface area contributed by atoms with Gasteiger partial charge in [-0.1, -0.05) is 34.6 Å². The lowest BCUT2D eigenvalue weighted by molar-refractivity contribution is 0.274. The highest BCUT2D eigenvalue weighted by Gasteiger charge is 2.19. The van der Waals surface area contributed by atoms with E-state index in [0.717, 1.165) is 18.7 Å². The van der Waals surface area contributed by atoms with Crippen LogP contribution < -0.4 is 10.1 Å². The van der Waals surface area contributed by atoms with Crippen LogP contribution in [0.3, 0.4) is 0 Å². The van der Waals surface area contributed by atoms with Gasteiger partial charge in [-0.05, 0) is 24.7 Å².